The van der Waals surface area contributed by atoms with Crippen molar-refractivity contribution in [3.05, 3.63) is 119 Å². The van der Waals surface area contributed by atoms with Gasteiger partial charge in [0.15, 0.2) is 11.6 Å². The number of hydrogen-bond acceptors (Lipinski definition) is 7. The van der Waals surface area contributed by atoms with E-state index in [9.17, 15) is 9.59 Å². The average molecular weight is 575 g/mol. The molecule has 6 rings (SSSR count). The third-order valence-corrected chi connectivity index (χ3v) is 8.16. The number of ether oxygens (including phenoxy) is 1. The Bertz CT molecular complexity index is 1390. The molecule has 7 nitrogen and oxygen atoms in total. The van der Waals surface area contributed by atoms with E-state index in [1.807, 2.05) is 84.9 Å². The number of morpholine rings is 1. The third-order valence-electron chi connectivity index (χ3n) is 8.16. The fourth-order valence-corrected chi connectivity index (χ4v) is 5.61. The molecular weight excluding hydrogens is 536 g/mol. The van der Waals surface area contributed by atoms with Crippen molar-refractivity contribution < 1.29 is 14.3 Å². The summed E-state index contributed by atoms with van der Waals surface area (Å²) >= 11 is 0. The molecule has 0 atom stereocenters. The van der Waals surface area contributed by atoms with Crippen LogP contribution in [-0.2, 0) is 17.6 Å². The van der Waals surface area contributed by atoms with Crippen molar-refractivity contribution in [3.8, 4) is 0 Å². The Labute approximate surface area is 253 Å². The summed E-state index contributed by atoms with van der Waals surface area (Å²) in [6.07, 6.45) is 0.726. The van der Waals surface area contributed by atoms with E-state index in [1.54, 1.807) is 0 Å². The summed E-state index contributed by atoms with van der Waals surface area (Å²) in [7, 11) is 0. The maximum absolute atomic E-state index is 12.9. The van der Waals surface area contributed by atoms with Gasteiger partial charge in [0, 0.05) is 86.0 Å². The lowest BCUT2D eigenvalue weighted by Crippen LogP contribution is -2.43. The van der Waals surface area contributed by atoms with Crippen LogP contribution in [0.5, 0.6) is 0 Å². The maximum atomic E-state index is 12.9. The maximum Gasteiger partial charge on any atom is 0.167 e. The van der Waals surface area contributed by atoms with E-state index in [1.165, 1.54) is 5.69 Å². The van der Waals surface area contributed by atoms with Crippen molar-refractivity contribution in [2.24, 2.45) is 0 Å². The molecule has 0 radical (unpaired) electrons. The molecule has 0 aromatic heterocycles. The van der Waals surface area contributed by atoms with Crippen LogP contribution < -0.4 is 20.4 Å². The van der Waals surface area contributed by atoms with Gasteiger partial charge < -0.3 is 25.2 Å². The number of rotatable bonds is 10. The van der Waals surface area contributed by atoms with Gasteiger partial charge in [0.05, 0.1) is 13.2 Å². The van der Waals surface area contributed by atoms with Crippen molar-refractivity contribution >= 4 is 34.3 Å². The molecule has 2 heterocycles. The Kier molecular flexibility index (Phi) is 9.11. The molecule has 2 N–H and O–H groups in total. The Morgan fingerprint density at radius 3 is 1.44 bits per heavy atom. The highest BCUT2D eigenvalue weighted by Gasteiger charge is 2.14. The minimum atomic E-state index is 0.106. The van der Waals surface area contributed by atoms with Crippen molar-refractivity contribution in [1.82, 2.24) is 5.32 Å². The van der Waals surface area contributed by atoms with Crippen LogP contribution in [0.1, 0.15) is 31.8 Å². The van der Waals surface area contributed by atoms with Gasteiger partial charge >= 0.3 is 0 Å². The minimum Gasteiger partial charge on any atom is -0.378 e. The molecule has 2 aliphatic rings. The highest BCUT2D eigenvalue weighted by molar-refractivity contribution is 5.98. The van der Waals surface area contributed by atoms with Crippen LogP contribution in [0, 0.1) is 0 Å². The van der Waals surface area contributed by atoms with Gasteiger partial charge in [0.2, 0.25) is 0 Å². The molecule has 4 aromatic carbocycles. The summed E-state index contributed by atoms with van der Waals surface area (Å²) in [4.78, 5) is 30.4. The van der Waals surface area contributed by atoms with Gasteiger partial charge in [-0.3, -0.25) is 9.59 Å². The zero-order valence-electron chi connectivity index (χ0n) is 24.4. The second-order valence-corrected chi connectivity index (χ2v) is 11.1. The van der Waals surface area contributed by atoms with E-state index >= 15 is 0 Å². The van der Waals surface area contributed by atoms with E-state index < -0.39 is 0 Å². The predicted octanol–water partition coefficient (Wildman–Crippen LogP) is 5.53. The molecule has 0 saturated carbocycles. The predicted molar refractivity (Wildman–Crippen MR) is 173 cm³/mol. The van der Waals surface area contributed by atoms with Gasteiger partial charge in [-0.05, 0) is 83.9 Å². The number of benzene rings is 4. The van der Waals surface area contributed by atoms with Gasteiger partial charge in [-0.25, -0.2) is 0 Å². The van der Waals surface area contributed by atoms with Gasteiger partial charge in [0.25, 0.3) is 0 Å². The Balaban J connectivity index is 0.987. The lowest BCUT2D eigenvalue weighted by molar-refractivity contribution is 0.0984. The Hall–Kier alpha value is -4.46. The van der Waals surface area contributed by atoms with Gasteiger partial charge in [-0.2, -0.15) is 0 Å². The number of ketones is 2. The summed E-state index contributed by atoms with van der Waals surface area (Å²) in [5.41, 5.74) is 7.61. The van der Waals surface area contributed by atoms with E-state index in [2.05, 4.69) is 32.6 Å². The molecule has 0 aliphatic carbocycles. The zero-order valence-corrected chi connectivity index (χ0v) is 24.4. The SMILES string of the molecule is O=C(Cc1ccc(Nc2ccc(CC(=O)c3ccc(N4CCOCC4)cc3)cc2)cc1)c1ccc(N2CCNCC2)cc1. The van der Waals surface area contributed by atoms with Crippen molar-refractivity contribution in [1.29, 1.82) is 0 Å². The van der Waals surface area contributed by atoms with E-state index in [4.69, 9.17) is 4.74 Å². The number of nitrogens with zero attached hydrogens (tertiary/aromatic N) is 2. The van der Waals surface area contributed by atoms with Crippen molar-refractivity contribution in [2.75, 3.05) is 67.6 Å². The number of piperazine rings is 1. The van der Waals surface area contributed by atoms with Crippen LogP contribution >= 0.6 is 0 Å². The first-order chi connectivity index (χ1) is 21.1. The van der Waals surface area contributed by atoms with Crippen LogP contribution in [0.3, 0.4) is 0 Å². The molecular formula is C36H38N4O3. The monoisotopic (exact) mass is 574 g/mol. The van der Waals surface area contributed by atoms with Crippen LogP contribution in [0.2, 0.25) is 0 Å². The molecule has 2 aliphatic heterocycles. The summed E-state index contributed by atoms with van der Waals surface area (Å²) in [5.74, 6) is 0.223. The Morgan fingerprint density at radius 1 is 0.581 bits per heavy atom. The molecule has 0 bridgehead atoms. The van der Waals surface area contributed by atoms with Gasteiger partial charge in [-0.1, -0.05) is 24.3 Å². The summed E-state index contributed by atoms with van der Waals surface area (Å²) in [6, 6.07) is 31.8. The summed E-state index contributed by atoms with van der Waals surface area (Å²) < 4.78 is 5.43. The van der Waals surface area contributed by atoms with Crippen LogP contribution in [0.4, 0.5) is 22.7 Å². The number of carbonyl (C=O) groups excluding carboxylic acids is 2. The highest BCUT2D eigenvalue weighted by atomic mass is 16.5. The second-order valence-electron chi connectivity index (χ2n) is 11.1. The smallest absolute Gasteiger partial charge is 0.167 e. The molecule has 4 aromatic rings. The zero-order chi connectivity index (χ0) is 29.4. The third kappa shape index (κ3) is 7.49. The average Bonchev–Trinajstić information content (AvgIpc) is 3.07. The molecule has 43 heavy (non-hydrogen) atoms. The van der Waals surface area contributed by atoms with E-state index in [0.29, 0.717) is 12.8 Å². The lowest BCUT2D eigenvalue weighted by Gasteiger charge is -2.29. The first-order valence-electron chi connectivity index (χ1n) is 15.1. The normalized spacial score (nSPS) is 15.3. The lowest BCUT2D eigenvalue weighted by atomic mass is 10.0. The first kappa shape index (κ1) is 28.6. The number of anilines is 4. The van der Waals surface area contributed by atoms with Crippen LogP contribution in [0.15, 0.2) is 97.1 Å². The number of carbonyl (C=O) groups is 2. The standard InChI is InChI=1S/C36H38N4O3/c41-35(29-5-13-33(14-6-29)39-19-17-37-18-20-39)25-27-1-9-31(10-2-27)38-32-11-3-28(4-12-32)26-36(42)30-7-15-34(16-8-30)40-21-23-43-24-22-40/h1-16,37-38H,17-26H2. The number of Topliss-reactive ketones (excluding diaryl/α,β-unsaturated/α-hetero) is 2. The topological polar surface area (TPSA) is 73.9 Å². The first-order valence-corrected chi connectivity index (χ1v) is 15.1. The Morgan fingerprint density at radius 2 is 1.00 bits per heavy atom. The van der Waals surface area contributed by atoms with Crippen LogP contribution in [0.25, 0.3) is 0 Å². The van der Waals surface area contributed by atoms with Gasteiger partial charge in [-0.15, -0.1) is 0 Å². The molecule has 2 saturated heterocycles. The van der Waals surface area contributed by atoms with Crippen molar-refractivity contribution in [3.63, 3.8) is 0 Å². The largest absolute Gasteiger partial charge is 0.378 e. The molecule has 7 heteroatoms. The van der Waals surface area contributed by atoms with Gasteiger partial charge in [0.1, 0.15) is 0 Å². The van der Waals surface area contributed by atoms with Crippen molar-refractivity contribution in [2.45, 2.75) is 12.8 Å². The summed E-state index contributed by atoms with van der Waals surface area (Å²) in [5, 5.41) is 6.78. The molecule has 0 amide bonds. The van der Waals surface area contributed by atoms with E-state index in [0.717, 1.165) is 91.8 Å². The molecule has 0 unspecified atom stereocenters. The highest BCUT2D eigenvalue weighted by Crippen LogP contribution is 2.22. The minimum absolute atomic E-state index is 0.106. The number of hydrogen-bond donors (Lipinski definition) is 2. The fraction of sp³-hybridized carbons (Fsp3) is 0.278. The van der Waals surface area contributed by atoms with Crippen LogP contribution in [-0.4, -0.2) is 64.0 Å². The van der Waals surface area contributed by atoms with E-state index in [-0.39, 0.29) is 11.6 Å². The molecule has 220 valence electrons. The fourth-order valence-electron chi connectivity index (χ4n) is 5.61. The molecule has 2 fully saturated rings. The second kappa shape index (κ2) is 13.7. The molecule has 0 spiro atoms. The summed E-state index contributed by atoms with van der Waals surface area (Å²) in [6.45, 7) is 7.20. The number of nitrogens with one attached hydrogen (secondary N) is 2. The quantitative estimate of drug-likeness (QED) is 0.242.